The van der Waals surface area contributed by atoms with E-state index in [2.05, 4.69) is 38.0 Å². The molecule has 0 saturated heterocycles. The number of nitrogens with zero attached hydrogens (tertiary/aromatic N) is 1. The molecule has 0 unspecified atom stereocenters. The highest BCUT2D eigenvalue weighted by Gasteiger charge is 2.22. The molecule has 16 heavy (non-hydrogen) atoms. The van der Waals surface area contributed by atoms with Gasteiger partial charge in [-0.15, -0.1) is 0 Å². The first kappa shape index (κ1) is 13.8. The quantitative estimate of drug-likeness (QED) is 0.754. The summed E-state index contributed by atoms with van der Waals surface area (Å²) in [5.74, 6) is 1.76. The van der Waals surface area contributed by atoms with E-state index >= 15 is 0 Å². The van der Waals surface area contributed by atoms with Gasteiger partial charge >= 0.3 is 0 Å². The molecule has 0 saturated carbocycles. The van der Waals surface area contributed by atoms with Gasteiger partial charge in [0, 0.05) is 25.4 Å². The van der Waals surface area contributed by atoms with Crippen molar-refractivity contribution in [2.24, 2.45) is 16.3 Å². The van der Waals surface area contributed by atoms with Gasteiger partial charge < -0.3 is 10.1 Å². The fraction of sp³-hybridized carbons (Fsp3) is 0.917. The molecule has 94 valence electrons. The second kappa shape index (κ2) is 6.50. The van der Waals surface area contributed by atoms with Crippen molar-refractivity contribution >= 4 is 16.9 Å². The summed E-state index contributed by atoms with van der Waals surface area (Å²) in [4.78, 5) is 4.53. The lowest BCUT2D eigenvalue weighted by Gasteiger charge is -2.27. The van der Waals surface area contributed by atoms with E-state index in [1.807, 2.05) is 11.8 Å². The average molecular weight is 244 g/mol. The van der Waals surface area contributed by atoms with Crippen LogP contribution in [0.15, 0.2) is 4.99 Å². The molecule has 1 rings (SSSR count). The van der Waals surface area contributed by atoms with E-state index in [1.54, 1.807) is 0 Å². The van der Waals surface area contributed by atoms with Crippen molar-refractivity contribution in [3.63, 3.8) is 0 Å². The van der Waals surface area contributed by atoms with Crippen molar-refractivity contribution in [1.82, 2.24) is 5.32 Å². The maximum atomic E-state index is 5.50. The first-order valence-electron chi connectivity index (χ1n) is 5.98. The van der Waals surface area contributed by atoms with E-state index in [9.17, 15) is 0 Å². The first-order chi connectivity index (χ1) is 7.49. The molecule has 1 heterocycles. The number of thioether (sulfide) groups is 1. The van der Waals surface area contributed by atoms with Crippen LogP contribution >= 0.6 is 11.8 Å². The van der Waals surface area contributed by atoms with Crippen LogP contribution < -0.4 is 5.32 Å². The largest absolute Gasteiger partial charge is 0.379 e. The minimum atomic E-state index is 0.351. The van der Waals surface area contributed by atoms with E-state index in [-0.39, 0.29) is 0 Å². The zero-order valence-electron chi connectivity index (χ0n) is 10.9. The van der Waals surface area contributed by atoms with Crippen LogP contribution in [0.5, 0.6) is 0 Å². The molecular weight excluding hydrogens is 220 g/mol. The summed E-state index contributed by atoms with van der Waals surface area (Å²) >= 11 is 1.82. The number of amidine groups is 1. The molecular formula is C12H24N2OS. The molecule has 0 aromatic rings. The summed E-state index contributed by atoms with van der Waals surface area (Å²) in [6.45, 7) is 12.2. The second-order valence-corrected chi connectivity index (χ2v) is 6.43. The lowest BCUT2D eigenvalue weighted by atomic mass is 9.97. The van der Waals surface area contributed by atoms with E-state index in [0.29, 0.717) is 11.3 Å². The Morgan fingerprint density at radius 1 is 1.50 bits per heavy atom. The van der Waals surface area contributed by atoms with Gasteiger partial charge in [-0.2, -0.15) is 0 Å². The van der Waals surface area contributed by atoms with Crippen LogP contribution in [0.25, 0.3) is 0 Å². The van der Waals surface area contributed by atoms with Crippen molar-refractivity contribution in [2.75, 3.05) is 32.1 Å². The summed E-state index contributed by atoms with van der Waals surface area (Å²) in [6.07, 6.45) is 0. The molecule has 0 aliphatic carbocycles. The van der Waals surface area contributed by atoms with Crippen molar-refractivity contribution in [1.29, 1.82) is 0 Å². The van der Waals surface area contributed by atoms with Gasteiger partial charge in [0.1, 0.15) is 0 Å². The van der Waals surface area contributed by atoms with E-state index in [1.165, 1.54) is 0 Å². The van der Waals surface area contributed by atoms with Gasteiger partial charge in [0.2, 0.25) is 0 Å². The first-order valence-corrected chi connectivity index (χ1v) is 6.97. The predicted octanol–water partition coefficient (Wildman–Crippen LogP) is 2.38. The minimum Gasteiger partial charge on any atom is -0.379 e. The van der Waals surface area contributed by atoms with Gasteiger partial charge in [-0.3, -0.25) is 4.99 Å². The smallest absolute Gasteiger partial charge is 0.156 e. The highest BCUT2D eigenvalue weighted by atomic mass is 32.2. The Hall–Kier alpha value is -0.220. The number of ether oxygens (including phenoxy) is 1. The Bertz CT molecular complexity index is 239. The molecule has 0 fully saturated rings. The Balaban J connectivity index is 2.08. The maximum Gasteiger partial charge on any atom is 0.156 e. The summed E-state index contributed by atoms with van der Waals surface area (Å²) in [7, 11) is 0. The van der Waals surface area contributed by atoms with Gasteiger partial charge in [-0.05, 0) is 11.3 Å². The van der Waals surface area contributed by atoms with E-state index in [0.717, 1.165) is 37.2 Å². The number of rotatable bonds is 5. The summed E-state index contributed by atoms with van der Waals surface area (Å²) in [6, 6.07) is 0. The van der Waals surface area contributed by atoms with Crippen LogP contribution in [0.4, 0.5) is 0 Å². The number of aliphatic imine (C=N–C) groups is 1. The zero-order valence-corrected chi connectivity index (χ0v) is 11.7. The Labute approximate surface area is 103 Å². The van der Waals surface area contributed by atoms with Crippen LogP contribution in [0.3, 0.4) is 0 Å². The van der Waals surface area contributed by atoms with Crippen molar-refractivity contribution in [3.05, 3.63) is 0 Å². The third kappa shape index (κ3) is 5.75. The van der Waals surface area contributed by atoms with Crippen molar-refractivity contribution in [3.8, 4) is 0 Å². The molecule has 0 amide bonds. The molecule has 1 aliphatic heterocycles. The number of hydrogen-bond donors (Lipinski definition) is 1. The molecule has 0 aromatic carbocycles. The number of hydrogen-bond acceptors (Lipinski definition) is 4. The van der Waals surface area contributed by atoms with Crippen LogP contribution in [0.2, 0.25) is 0 Å². The van der Waals surface area contributed by atoms with Gasteiger partial charge in [0.25, 0.3) is 0 Å². The van der Waals surface area contributed by atoms with E-state index in [4.69, 9.17) is 4.74 Å². The highest BCUT2D eigenvalue weighted by Crippen LogP contribution is 2.26. The van der Waals surface area contributed by atoms with Crippen LogP contribution in [0, 0.1) is 11.3 Å². The van der Waals surface area contributed by atoms with Gasteiger partial charge in [-0.1, -0.05) is 39.5 Å². The molecule has 1 N–H and O–H groups in total. The Kier molecular flexibility index (Phi) is 5.62. The van der Waals surface area contributed by atoms with Crippen LogP contribution in [-0.2, 0) is 4.74 Å². The Morgan fingerprint density at radius 2 is 2.25 bits per heavy atom. The number of nitrogens with one attached hydrogen (secondary N) is 1. The molecule has 0 spiro atoms. The monoisotopic (exact) mass is 244 g/mol. The van der Waals surface area contributed by atoms with Crippen LogP contribution in [0.1, 0.15) is 27.7 Å². The molecule has 4 heteroatoms. The van der Waals surface area contributed by atoms with E-state index < -0.39 is 0 Å². The SMILES string of the molecule is CC(C)COCCNC1=NCC(C)(C)CS1. The normalized spacial score (nSPS) is 19.7. The highest BCUT2D eigenvalue weighted by molar-refractivity contribution is 8.13. The summed E-state index contributed by atoms with van der Waals surface area (Å²) in [5.41, 5.74) is 0.351. The fourth-order valence-corrected chi connectivity index (χ4v) is 2.28. The molecule has 0 aromatic heterocycles. The standard InChI is InChI=1S/C12H24N2OS/c1-10(2)7-15-6-5-13-11-14-8-12(3,4)9-16-11/h10H,5-9H2,1-4H3,(H,13,14). The summed E-state index contributed by atoms with van der Waals surface area (Å²) < 4.78 is 5.50. The summed E-state index contributed by atoms with van der Waals surface area (Å²) in [5, 5.41) is 4.40. The fourth-order valence-electron chi connectivity index (χ4n) is 1.30. The molecule has 0 radical (unpaired) electrons. The predicted molar refractivity (Wildman–Crippen MR) is 72.2 cm³/mol. The molecule has 0 atom stereocenters. The average Bonchev–Trinajstić information content (AvgIpc) is 2.19. The topological polar surface area (TPSA) is 33.6 Å². The van der Waals surface area contributed by atoms with Gasteiger partial charge in [0.05, 0.1) is 6.61 Å². The third-order valence-electron chi connectivity index (χ3n) is 2.22. The van der Waals surface area contributed by atoms with Gasteiger partial charge in [-0.25, -0.2) is 0 Å². The van der Waals surface area contributed by atoms with Gasteiger partial charge in [0.15, 0.2) is 5.17 Å². The van der Waals surface area contributed by atoms with Crippen molar-refractivity contribution in [2.45, 2.75) is 27.7 Å². The molecule has 0 bridgehead atoms. The Morgan fingerprint density at radius 3 is 2.81 bits per heavy atom. The van der Waals surface area contributed by atoms with Crippen molar-refractivity contribution < 1.29 is 4.74 Å². The lowest BCUT2D eigenvalue weighted by Crippen LogP contribution is -2.33. The minimum absolute atomic E-state index is 0.351. The third-order valence-corrected chi connectivity index (χ3v) is 3.70. The molecule has 1 aliphatic rings. The zero-order chi connectivity index (χ0) is 12.0. The maximum absolute atomic E-state index is 5.50. The second-order valence-electron chi connectivity index (χ2n) is 5.47. The van der Waals surface area contributed by atoms with Crippen LogP contribution in [-0.4, -0.2) is 37.2 Å². The lowest BCUT2D eigenvalue weighted by molar-refractivity contribution is 0.114. The molecule has 3 nitrogen and oxygen atoms in total.